The van der Waals surface area contributed by atoms with Crippen molar-refractivity contribution in [3.63, 3.8) is 0 Å². The van der Waals surface area contributed by atoms with E-state index in [4.69, 9.17) is 15.9 Å². The normalized spacial score (nSPS) is 19.8. The van der Waals surface area contributed by atoms with Crippen molar-refractivity contribution >= 4 is 22.8 Å². The summed E-state index contributed by atoms with van der Waals surface area (Å²) in [6.07, 6.45) is -0.0142. The summed E-state index contributed by atoms with van der Waals surface area (Å²) in [6.45, 7) is 2.91. The van der Waals surface area contributed by atoms with Gasteiger partial charge in [-0.05, 0) is 42.5 Å². The Kier molecular flexibility index (Phi) is 5.13. The Balaban J connectivity index is 1.73. The lowest BCUT2D eigenvalue weighted by molar-refractivity contribution is -0.140. The lowest BCUT2D eigenvalue weighted by Crippen LogP contribution is -2.46. The zero-order chi connectivity index (χ0) is 22.5. The number of anilines is 1. The molecule has 0 spiro atoms. The average molecular weight is 444 g/mol. The van der Waals surface area contributed by atoms with Crippen LogP contribution in [0.25, 0.3) is 22.2 Å². The van der Waals surface area contributed by atoms with Crippen LogP contribution in [0, 0.1) is 5.41 Å². The molecule has 3 heterocycles. The Morgan fingerprint density at radius 3 is 2.72 bits per heavy atom. The van der Waals surface area contributed by atoms with E-state index in [0.717, 1.165) is 36.0 Å². The minimum Gasteiger partial charge on any atom is -0.398 e. The summed E-state index contributed by atoms with van der Waals surface area (Å²) in [5.74, 6) is 0. The van der Waals surface area contributed by atoms with Gasteiger partial charge in [-0.2, -0.15) is 18.3 Å². The maximum atomic E-state index is 13.7. The number of aryl methyl sites for hydroxylation is 1. The summed E-state index contributed by atoms with van der Waals surface area (Å²) in [5, 5.41) is 14.5. The highest BCUT2D eigenvalue weighted by molar-refractivity contribution is 6.05. The van der Waals surface area contributed by atoms with Crippen LogP contribution < -0.4 is 5.73 Å². The number of hydrogen-bond acceptors (Lipinski definition) is 6. The number of pyridine rings is 1. The molecule has 1 fully saturated rings. The zero-order valence-electron chi connectivity index (χ0n) is 17.3. The number of rotatable bonds is 3. The van der Waals surface area contributed by atoms with Gasteiger partial charge >= 0.3 is 6.18 Å². The van der Waals surface area contributed by atoms with E-state index in [2.05, 4.69) is 20.1 Å². The quantitative estimate of drug-likeness (QED) is 0.424. The molecule has 168 valence electrons. The molecule has 1 aliphatic carbocycles. The van der Waals surface area contributed by atoms with Crippen LogP contribution in [0.4, 0.5) is 18.9 Å². The van der Waals surface area contributed by atoms with Crippen LogP contribution in [0.5, 0.6) is 0 Å². The van der Waals surface area contributed by atoms with E-state index in [1.165, 1.54) is 12.4 Å². The SMILES string of the molecule is N=Cc1c(N)ccc2nc(-c3c[nH]nc3C(F)(F)F)c3c(c12)CCC(N1CCOCC1)C3. The van der Waals surface area contributed by atoms with Gasteiger partial charge in [-0.15, -0.1) is 0 Å². The van der Waals surface area contributed by atoms with Gasteiger partial charge in [0, 0.05) is 48.2 Å². The molecule has 5 rings (SSSR count). The number of alkyl halides is 3. The van der Waals surface area contributed by atoms with Gasteiger partial charge in [0.2, 0.25) is 0 Å². The van der Waals surface area contributed by atoms with E-state index in [1.54, 1.807) is 12.1 Å². The number of aromatic nitrogens is 3. The van der Waals surface area contributed by atoms with Crippen LogP contribution in [-0.2, 0) is 23.8 Å². The van der Waals surface area contributed by atoms with E-state index in [9.17, 15) is 13.2 Å². The van der Waals surface area contributed by atoms with Crippen LogP contribution in [0.2, 0.25) is 0 Å². The van der Waals surface area contributed by atoms with Gasteiger partial charge in [0.05, 0.1) is 30.0 Å². The minimum atomic E-state index is -4.60. The van der Waals surface area contributed by atoms with Crippen LogP contribution in [0.1, 0.15) is 28.8 Å². The molecule has 1 aliphatic heterocycles. The Morgan fingerprint density at radius 1 is 1.22 bits per heavy atom. The molecule has 1 unspecified atom stereocenters. The van der Waals surface area contributed by atoms with Gasteiger partial charge in [-0.1, -0.05) is 0 Å². The number of aromatic amines is 1. The Bertz CT molecular complexity index is 1180. The largest absolute Gasteiger partial charge is 0.435 e. The van der Waals surface area contributed by atoms with Crippen molar-refractivity contribution in [1.82, 2.24) is 20.1 Å². The maximum absolute atomic E-state index is 13.7. The lowest BCUT2D eigenvalue weighted by Gasteiger charge is -2.38. The number of morpholine rings is 1. The first-order valence-electron chi connectivity index (χ1n) is 10.6. The highest BCUT2D eigenvalue weighted by Gasteiger charge is 2.39. The third-order valence-corrected chi connectivity index (χ3v) is 6.48. The Hall–Kier alpha value is -2.98. The van der Waals surface area contributed by atoms with Crippen LogP contribution >= 0.6 is 0 Å². The lowest BCUT2D eigenvalue weighted by atomic mass is 9.82. The summed E-state index contributed by atoms with van der Waals surface area (Å²) >= 11 is 0. The predicted molar refractivity (Wildman–Crippen MR) is 115 cm³/mol. The van der Waals surface area contributed by atoms with Crippen LogP contribution in [0.15, 0.2) is 18.3 Å². The second kappa shape index (κ2) is 7.86. The minimum absolute atomic E-state index is 0.0495. The van der Waals surface area contributed by atoms with E-state index in [0.29, 0.717) is 48.5 Å². The van der Waals surface area contributed by atoms with Gasteiger partial charge in [0.15, 0.2) is 5.69 Å². The molecule has 0 amide bonds. The number of nitrogens with two attached hydrogens (primary N) is 1. The van der Waals surface area contributed by atoms with E-state index >= 15 is 0 Å². The van der Waals surface area contributed by atoms with Gasteiger partial charge in [0.1, 0.15) is 0 Å². The summed E-state index contributed by atoms with van der Waals surface area (Å²) in [6, 6.07) is 3.55. The van der Waals surface area contributed by atoms with Gasteiger partial charge in [0.25, 0.3) is 0 Å². The molecule has 1 atom stereocenters. The number of hydrogen-bond donors (Lipinski definition) is 3. The molecule has 1 aromatic carbocycles. The summed E-state index contributed by atoms with van der Waals surface area (Å²) in [4.78, 5) is 7.02. The van der Waals surface area contributed by atoms with Crippen molar-refractivity contribution in [3.05, 3.63) is 40.7 Å². The molecule has 2 aromatic heterocycles. The van der Waals surface area contributed by atoms with Crippen LogP contribution in [0.3, 0.4) is 0 Å². The van der Waals surface area contributed by atoms with E-state index < -0.39 is 11.9 Å². The molecule has 4 N–H and O–H groups in total. The molecule has 10 heteroatoms. The first-order chi connectivity index (χ1) is 15.4. The number of nitrogen functional groups attached to an aromatic ring is 1. The van der Waals surface area contributed by atoms with Gasteiger partial charge < -0.3 is 15.9 Å². The Labute approximate surface area is 182 Å². The Morgan fingerprint density at radius 2 is 2.00 bits per heavy atom. The third-order valence-electron chi connectivity index (χ3n) is 6.48. The van der Waals surface area contributed by atoms with Crippen molar-refractivity contribution in [2.24, 2.45) is 0 Å². The fourth-order valence-electron chi connectivity index (χ4n) is 4.98. The summed E-state index contributed by atoms with van der Waals surface area (Å²) in [5.41, 5.74) is 8.66. The molecular formula is C22H23F3N6O. The molecule has 7 nitrogen and oxygen atoms in total. The van der Waals surface area contributed by atoms with Crippen molar-refractivity contribution in [3.8, 4) is 11.3 Å². The molecule has 1 saturated heterocycles. The number of halogens is 3. The first-order valence-corrected chi connectivity index (χ1v) is 10.6. The summed E-state index contributed by atoms with van der Waals surface area (Å²) in [7, 11) is 0. The topological polar surface area (TPSA) is 104 Å². The molecule has 0 bridgehead atoms. The van der Waals surface area contributed by atoms with Gasteiger partial charge in [-0.3, -0.25) is 10.00 Å². The fourth-order valence-corrected chi connectivity index (χ4v) is 4.98. The van der Waals surface area contributed by atoms with Crippen molar-refractivity contribution in [2.45, 2.75) is 31.5 Å². The van der Waals surface area contributed by atoms with Crippen molar-refractivity contribution in [2.75, 3.05) is 32.0 Å². The maximum Gasteiger partial charge on any atom is 0.435 e. The zero-order valence-corrected chi connectivity index (χ0v) is 17.3. The average Bonchev–Trinajstić information content (AvgIpc) is 3.29. The summed E-state index contributed by atoms with van der Waals surface area (Å²) < 4.78 is 46.5. The van der Waals surface area contributed by atoms with E-state index in [1.807, 2.05) is 0 Å². The molecular weight excluding hydrogens is 421 g/mol. The number of nitrogens with one attached hydrogen (secondary N) is 2. The second-order valence-corrected chi connectivity index (χ2v) is 8.21. The number of benzene rings is 1. The molecule has 0 radical (unpaired) electrons. The molecule has 3 aromatic rings. The molecule has 0 saturated carbocycles. The molecule has 2 aliphatic rings. The predicted octanol–water partition coefficient (Wildman–Crippen LogP) is 3.41. The smallest absolute Gasteiger partial charge is 0.398 e. The second-order valence-electron chi connectivity index (χ2n) is 8.21. The number of ether oxygens (including phenoxy) is 1. The van der Waals surface area contributed by atoms with Crippen LogP contribution in [-0.4, -0.2) is 58.6 Å². The first kappa shape index (κ1) is 20.9. The van der Waals surface area contributed by atoms with Crippen molar-refractivity contribution in [1.29, 1.82) is 5.41 Å². The highest BCUT2D eigenvalue weighted by Crippen LogP contribution is 2.42. The van der Waals surface area contributed by atoms with Gasteiger partial charge in [-0.25, -0.2) is 4.98 Å². The fraction of sp³-hybridized carbons (Fsp3) is 0.409. The number of fused-ring (bicyclic) bond motifs is 3. The number of nitrogens with zero attached hydrogens (tertiary/aromatic N) is 3. The molecule has 32 heavy (non-hydrogen) atoms. The standard InChI is InChI=1S/C22H23F3N6O/c23-22(24,25)21-16(11-28-30-21)20-14-9-12(31-5-7-32-8-6-31)1-2-13(14)19-15(10-26)17(27)3-4-18(19)29-20/h3-4,10-12,26H,1-2,5-9,27H2,(H,28,30). The third kappa shape index (κ3) is 3.43. The van der Waals surface area contributed by atoms with Crippen molar-refractivity contribution < 1.29 is 17.9 Å². The monoisotopic (exact) mass is 444 g/mol. The highest BCUT2D eigenvalue weighted by atomic mass is 19.4. The van der Waals surface area contributed by atoms with E-state index in [-0.39, 0.29) is 11.6 Å². The number of H-pyrrole nitrogens is 1.